The van der Waals surface area contributed by atoms with Gasteiger partial charge in [0.1, 0.15) is 10.6 Å². The molecule has 42 heavy (non-hydrogen) atoms. The van der Waals surface area contributed by atoms with Crippen molar-refractivity contribution < 1.29 is 57.5 Å². The minimum Gasteiger partial charge on any atom is -0.381 e. The third kappa shape index (κ3) is 4.32. The molecule has 0 aromatic heterocycles. The van der Waals surface area contributed by atoms with Crippen molar-refractivity contribution in [3.8, 4) is 0 Å². The van der Waals surface area contributed by atoms with Crippen molar-refractivity contribution in [2.75, 3.05) is 19.8 Å². The molecule has 3 aliphatic rings. The molecule has 0 saturated carbocycles. The Labute approximate surface area is 234 Å². The fourth-order valence-corrected chi connectivity index (χ4v) is 8.83. The normalized spacial score (nSPS) is 24.7. The number of carbonyl (C=O) groups excluding carboxylic acids is 1. The van der Waals surface area contributed by atoms with E-state index in [0.717, 1.165) is 29.2 Å². The SMILES string of the molecule is O=C(N1CC[C@]2(S(=O)(=O)c3ccc(F)cc3)c3ccc(C(F)(C(F)(F)F)C(F)(F)F)cc3CC[C@H]12)C1(F)CCOCC1. The second-order valence-corrected chi connectivity index (χ2v) is 13.0. The second kappa shape index (κ2) is 9.86. The van der Waals surface area contributed by atoms with E-state index in [1.165, 1.54) is 0 Å². The summed E-state index contributed by atoms with van der Waals surface area (Å²) in [6.07, 6.45) is -14.4. The van der Waals surface area contributed by atoms with Crippen LogP contribution in [0.3, 0.4) is 0 Å². The van der Waals surface area contributed by atoms with Gasteiger partial charge in [0.2, 0.25) is 0 Å². The van der Waals surface area contributed by atoms with E-state index < -0.39 is 66.5 Å². The number of amides is 1. The first-order valence-electron chi connectivity index (χ1n) is 12.9. The molecular formula is C27H24F9NO4S. The molecule has 0 unspecified atom stereocenters. The van der Waals surface area contributed by atoms with Gasteiger partial charge >= 0.3 is 18.0 Å². The van der Waals surface area contributed by atoms with Crippen LogP contribution in [0.4, 0.5) is 39.5 Å². The van der Waals surface area contributed by atoms with Crippen LogP contribution in [-0.2, 0) is 36.2 Å². The van der Waals surface area contributed by atoms with E-state index >= 15 is 4.39 Å². The number of nitrogens with zero attached hydrogens (tertiary/aromatic N) is 1. The van der Waals surface area contributed by atoms with Crippen LogP contribution in [0.5, 0.6) is 0 Å². The number of hydrogen-bond acceptors (Lipinski definition) is 4. The Hall–Kier alpha value is -2.81. The summed E-state index contributed by atoms with van der Waals surface area (Å²) < 4.78 is 157. The number of sulfone groups is 1. The predicted molar refractivity (Wildman–Crippen MR) is 129 cm³/mol. The van der Waals surface area contributed by atoms with E-state index in [-0.39, 0.29) is 69.1 Å². The van der Waals surface area contributed by atoms with Gasteiger partial charge in [-0.25, -0.2) is 21.6 Å². The summed E-state index contributed by atoms with van der Waals surface area (Å²) in [5.41, 5.74) is -10.4. The maximum absolute atomic E-state index is 15.8. The third-order valence-electron chi connectivity index (χ3n) is 8.60. The molecule has 15 heteroatoms. The Morgan fingerprint density at radius 2 is 1.50 bits per heavy atom. The van der Waals surface area contributed by atoms with Crippen LogP contribution in [-0.4, -0.2) is 63.0 Å². The monoisotopic (exact) mass is 629 g/mol. The molecule has 0 spiro atoms. The Balaban J connectivity index is 1.69. The summed E-state index contributed by atoms with van der Waals surface area (Å²) in [7, 11) is -4.66. The van der Waals surface area contributed by atoms with Gasteiger partial charge in [0, 0.05) is 24.9 Å². The average molecular weight is 630 g/mol. The zero-order chi connectivity index (χ0) is 30.9. The van der Waals surface area contributed by atoms with Crippen LogP contribution < -0.4 is 0 Å². The van der Waals surface area contributed by atoms with Gasteiger partial charge in [-0.15, -0.1) is 0 Å². The number of likely N-dealkylation sites (tertiary alicyclic amines) is 1. The van der Waals surface area contributed by atoms with E-state index in [9.17, 15) is 48.3 Å². The number of ether oxygens (including phenoxy) is 1. The Morgan fingerprint density at radius 3 is 2.07 bits per heavy atom. The highest BCUT2D eigenvalue weighted by molar-refractivity contribution is 7.92. The first-order chi connectivity index (χ1) is 19.4. The summed E-state index contributed by atoms with van der Waals surface area (Å²) in [5, 5.41) is 0. The van der Waals surface area contributed by atoms with Crippen molar-refractivity contribution in [1.29, 1.82) is 0 Å². The van der Waals surface area contributed by atoms with Crippen molar-refractivity contribution >= 4 is 15.7 Å². The van der Waals surface area contributed by atoms with Gasteiger partial charge in [-0.2, -0.15) is 26.3 Å². The highest BCUT2D eigenvalue weighted by Crippen LogP contribution is 2.57. The van der Waals surface area contributed by atoms with Crippen LogP contribution in [0.25, 0.3) is 0 Å². The number of carbonyl (C=O) groups is 1. The summed E-state index contributed by atoms with van der Waals surface area (Å²) in [5.74, 6) is -1.78. The van der Waals surface area contributed by atoms with Gasteiger partial charge in [0.25, 0.3) is 5.91 Å². The second-order valence-electron chi connectivity index (χ2n) is 10.8. The zero-order valence-electron chi connectivity index (χ0n) is 21.7. The van der Waals surface area contributed by atoms with Gasteiger partial charge in [-0.05, 0) is 54.7 Å². The summed E-state index contributed by atoms with van der Waals surface area (Å²) >= 11 is 0. The van der Waals surface area contributed by atoms with Crippen LogP contribution in [0, 0.1) is 5.82 Å². The lowest BCUT2D eigenvalue weighted by atomic mass is 9.76. The van der Waals surface area contributed by atoms with Gasteiger partial charge in [0.15, 0.2) is 15.5 Å². The fraction of sp³-hybridized carbons (Fsp3) is 0.519. The van der Waals surface area contributed by atoms with E-state index in [0.29, 0.717) is 12.1 Å². The first kappa shape index (κ1) is 30.6. The number of halogens is 9. The molecule has 1 amide bonds. The van der Waals surface area contributed by atoms with Crippen molar-refractivity contribution in [3.05, 3.63) is 65.0 Å². The van der Waals surface area contributed by atoms with Gasteiger partial charge in [-0.3, -0.25) is 4.79 Å². The molecule has 2 aromatic rings. The molecule has 230 valence electrons. The molecule has 2 saturated heterocycles. The average Bonchev–Trinajstić information content (AvgIpc) is 3.33. The third-order valence-corrected chi connectivity index (χ3v) is 11.1. The van der Waals surface area contributed by atoms with Crippen LogP contribution >= 0.6 is 0 Å². The number of fused-ring (bicyclic) bond motifs is 3. The minimum atomic E-state index is -6.38. The summed E-state index contributed by atoms with van der Waals surface area (Å²) in [6.45, 7) is -0.417. The van der Waals surface area contributed by atoms with Gasteiger partial charge in [-0.1, -0.05) is 18.2 Å². The summed E-state index contributed by atoms with van der Waals surface area (Å²) in [6, 6.07) is 3.62. The molecule has 5 nitrogen and oxygen atoms in total. The van der Waals surface area contributed by atoms with Crippen molar-refractivity contribution in [1.82, 2.24) is 4.90 Å². The molecular weight excluding hydrogens is 605 g/mol. The van der Waals surface area contributed by atoms with Crippen LogP contribution in [0.1, 0.15) is 42.4 Å². The Morgan fingerprint density at radius 1 is 0.905 bits per heavy atom. The number of alkyl halides is 8. The lowest BCUT2D eigenvalue weighted by molar-refractivity contribution is -0.348. The lowest BCUT2D eigenvalue weighted by Gasteiger charge is -2.44. The molecule has 2 fully saturated rings. The lowest BCUT2D eigenvalue weighted by Crippen LogP contribution is -2.56. The molecule has 0 N–H and O–H groups in total. The zero-order valence-corrected chi connectivity index (χ0v) is 22.5. The van der Waals surface area contributed by atoms with Crippen molar-refractivity contribution in [2.24, 2.45) is 0 Å². The molecule has 2 heterocycles. The Bertz CT molecular complexity index is 1470. The smallest absolute Gasteiger partial charge is 0.381 e. The van der Waals surface area contributed by atoms with E-state index in [2.05, 4.69) is 0 Å². The van der Waals surface area contributed by atoms with Crippen molar-refractivity contribution in [3.63, 3.8) is 0 Å². The number of hydrogen-bond donors (Lipinski definition) is 0. The molecule has 2 atom stereocenters. The largest absolute Gasteiger partial charge is 0.435 e. The van der Waals surface area contributed by atoms with E-state index in [1.54, 1.807) is 0 Å². The molecule has 0 bridgehead atoms. The quantitative estimate of drug-likeness (QED) is 0.315. The van der Waals surface area contributed by atoms with Crippen molar-refractivity contribution in [2.45, 2.75) is 71.5 Å². The van der Waals surface area contributed by atoms with Crippen LogP contribution in [0.15, 0.2) is 47.4 Å². The standard InChI is InChI=1S/C27H24F9NO4S/c28-18-3-5-19(6-4-18)42(39,40)24-9-12-37(22(38)23(29)10-13-41-14-11-23)21(24)8-1-16-15-17(2-7-20(16)24)25(30,26(31,32)33)27(34,35)36/h2-7,15,21H,1,8-14H2/t21-,24-/m0/s1. The van der Waals surface area contributed by atoms with Crippen LogP contribution in [0.2, 0.25) is 0 Å². The number of benzene rings is 2. The summed E-state index contributed by atoms with van der Waals surface area (Å²) in [4.78, 5) is 14.1. The molecule has 5 rings (SSSR count). The van der Waals surface area contributed by atoms with E-state index in [1.807, 2.05) is 0 Å². The van der Waals surface area contributed by atoms with E-state index in [4.69, 9.17) is 4.74 Å². The maximum atomic E-state index is 15.8. The fourth-order valence-electron chi connectivity index (χ4n) is 6.46. The number of aryl methyl sites for hydroxylation is 1. The van der Waals surface area contributed by atoms with Gasteiger partial charge in [0.05, 0.1) is 24.2 Å². The first-order valence-corrected chi connectivity index (χ1v) is 14.4. The Kier molecular flexibility index (Phi) is 7.19. The molecule has 0 radical (unpaired) electrons. The predicted octanol–water partition coefficient (Wildman–Crippen LogP) is 5.85. The van der Waals surface area contributed by atoms with Gasteiger partial charge < -0.3 is 9.64 Å². The number of rotatable bonds is 4. The molecule has 1 aliphatic carbocycles. The maximum Gasteiger partial charge on any atom is 0.435 e. The topological polar surface area (TPSA) is 63.7 Å². The highest BCUT2D eigenvalue weighted by atomic mass is 32.2. The highest BCUT2D eigenvalue weighted by Gasteiger charge is 2.74. The molecule has 2 aromatic carbocycles. The molecule has 2 aliphatic heterocycles. The minimum absolute atomic E-state index is 0.0607.